The van der Waals surface area contributed by atoms with Crippen molar-refractivity contribution in [3.05, 3.63) is 35.6 Å². The molecule has 1 aliphatic heterocycles. The van der Waals surface area contributed by atoms with Gasteiger partial charge in [0.2, 0.25) is 11.8 Å². The van der Waals surface area contributed by atoms with Crippen LogP contribution in [0, 0.1) is 11.7 Å². The molecular weight excluding hydrogens is 333 g/mol. The van der Waals surface area contributed by atoms with Crippen LogP contribution >= 0.6 is 0 Å². The predicted octanol–water partition coefficient (Wildman–Crippen LogP) is 2.06. The van der Waals surface area contributed by atoms with Gasteiger partial charge in [-0.2, -0.15) is 0 Å². The molecule has 5 nitrogen and oxygen atoms in total. The maximum absolute atomic E-state index is 13.7. The molecule has 1 saturated heterocycles. The Kier molecular flexibility index (Phi) is 7.57. The fourth-order valence-corrected chi connectivity index (χ4v) is 3.16. The third kappa shape index (κ3) is 6.09. The highest BCUT2D eigenvalue weighted by molar-refractivity contribution is 5.87. The molecule has 6 heteroatoms. The summed E-state index contributed by atoms with van der Waals surface area (Å²) in [5, 5.41) is 2.88. The average molecular weight is 363 g/mol. The van der Waals surface area contributed by atoms with Crippen LogP contribution in [0.25, 0.3) is 0 Å². The van der Waals surface area contributed by atoms with E-state index in [-0.39, 0.29) is 24.1 Å². The minimum absolute atomic E-state index is 0.00829. The number of carbonyl (C=O) groups excluding carboxylic acids is 2. The highest BCUT2D eigenvalue weighted by atomic mass is 19.1. The minimum Gasteiger partial charge on any atom is -0.344 e. The zero-order chi connectivity index (χ0) is 19.1. The first kappa shape index (κ1) is 20.4. The molecule has 1 heterocycles. The summed E-state index contributed by atoms with van der Waals surface area (Å²) in [6.07, 6.45) is 1.11. The van der Waals surface area contributed by atoms with E-state index in [2.05, 4.69) is 10.2 Å². The van der Waals surface area contributed by atoms with Gasteiger partial charge in [-0.05, 0) is 37.4 Å². The number of piperazine rings is 1. The van der Waals surface area contributed by atoms with Gasteiger partial charge in [0, 0.05) is 32.6 Å². The molecule has 1 fully saturated rings. The Hall–Kier alpha value is -1.95. The number of benzene rings is 1. The second kappa shape index (κ2) is 9.67. The van der Waals surface area contributed by atoms with Gasteiger partial charge >= 0.3 is 0 Å². The zero-order valence-electron chi connectivity index (χ0n) is 16.0. The first-order valence-electron chi connectivity index (χ1n) is 9.37. The van der Waals surface area contributed by atoms with Gasteiger partial charge in [0.15, 0.2) is 0 Å². The molecule has 0 aliphatic carbocycles. The Bertz CT molecular complexity index is 613. The number of carbonyl (C=O) groups is 2. The van der Waals surface area contributed by atoms with Gasteiger partial charge in [0.05, 0.1) is 0 Å². The lowest BCUT2D eigenvalue weighted by molar-refractivity contribution is -0.138. The van der Waals surface area contributed by atoms with E-state index in [4.69, 9.17) is 0 Å². The quantitative estimate of drug-likeness (QED) is 0.807. The predicted molar refractivity (Wildman–Crippen MR) is 100 cm³/mol. The molecule has 26 heavy (non-hydrogen) atoms. The SMILES string of the molecule is CC(C)CC(NC(=O)CCc1ccccc1F)C(=O)N1CCN(C)CC1. The number of hydrogen-bond donors (Lipinski definition) is 1. The normalized spacial score (nSPS) is 16.6. The van der Waals surface area contributed by atoms with Crippen molar-refractivity contribution < 1.29 is 14.0 Å². The minimum atomic E-state index is -0.508. The van der Waals surface area contributed by atoms with Crippen molar-refractivity contribution in [3.8, 4) is 0 Å². The van der Waals surface area contributed by atoms with E-state index in [9.17, 15) is 14.0 Å². The van der Waals surface area contributed by atoms with Crippen molar-refractivity contribution in [2.75, 3.05) is 33.2 Å². The molecule has 1 aromatic rings. The molecule has 1 aromatic carbocycles. The molecule has 0 bridgehead atoms. The van der Waals surface area contributed by atoms with Crippen LogP contribution in [-0.4, -0.2) is 60.9 Å². The van der Waals surface area contributed by atoms with Crippen molar-refractivity contribution in [3.63, 3.8) is 0 Å². The molecule has 144 valence electrons. The molecule has 0 aromatic heterocycles. The molecule has 2 amide bonds. The summed E-state index contributed by atoms with van der Waals surface area (Å²) < 4.78 is 13.7. The van der Waals surface area contributed by atoms with Crippen molar-refractivity contribution in [1.82, 2.24) is 15.1 Å². The molecule has 0 spiro atoms. The van der Waals surface area contributed by atoms with Crippen LogP contribution in [0.2, 0.25) is 0 Å². The van der Waals surface area contributed by atoms with E-state index in [1.807, 2.05) is 25.8 Å². The summed E-state index contributed by atoms with van der Waals surface area (Å²) in [5.41, 5.74) is 0.522. The molecule has 1 aliphatic rings. The van der Waals surface area contributed by atoms with Crippen LogP contribution in [0.3, 0.4) is 0 Å². The van der Waals surface area contributed by atoms with E-state index >= 15 is 0 Å². The van der Waals surface area contributed by atoms with Gasteiger partial charge in [0.25, 0.3) is 0 Å². The van der Waals surface area contributed by atoms with Crippen molar-refractivity contribution >= 4 is 11.8 Å². The largest absolute Gasteiger partial charge is 0.344 e. The highest BCUT2D eigenvalue weighted by Gasteiger charge is 2.28. The summed E-state index contributed by atoms with van der Waals surface area (Å²) in [7, 11) is 2.04. The van der Waals surface area contributed by atoms with E-state index in [0.29, 0.717) is 37.4 Å². The van der Waals surface area contributed by atoms with Gasteiger partial charge in [-0.1, -0.05) is 32.0 Å². The number of nitrogens with zero attached hydrogens (tertiary/aromatic N) is 2. The number of amides is 2. The Labute approximate surface area is 155 Å². The molecule has 1 unspecified atom stereocenters. The summed E-state index contributed by atoms with van der Waals surface area (Å²) in [5.74, 6) is -0.219. The van der Waals surface area contributed by atoms with E-state index < -0.39 is 6.04 Å². The second-order valence-electron chi connectivity index (χ2n) is 7.47. The summed E-state index contributed by atoms with van der Waals surface area (Å²) in [4.78, 5) is 29.2. The smallest absolute Gasteiger partial charge is 0.245 e. The third-order valence-electron chi connectivity index (χ3n) is 4.73. The summed E-state index contributed by atoms with van der Waals surface area (Å²) >= 11 is 0. The fourth-order valence-electron chi connectivity index (χ4n) is 3.16. The summed E-state index contributed by atoms with van der Waals surface area (Å²) in [6.45, 7) is 7.15. The van der Waals surface area contributed by atoms with Crippen molar-refractivity contribution in [1.29, 1.82) is 0 Å². The van der Waals surface area contributed by atoms with Crippen LogP contribution in [0.4, 0.5) is 4.39 Å². The van der Waals surface area contributed by atoms with Crippen molar-refractivity contribution in [2.45, 2.75) is 39.2 Å². The van der Waals surface area contributed by atoms with E-state index in [1.165, 1.54) is 6.07 Å². The molecule has 0 radical (unpaired) electrons. The molecule has 1 N–H and O–H groups in total. The Morgan fingerprint density at radius 3 is 2.42 bits per heavy atom. The van der Waals surface area contributed by atoms with Crippen LogP contribution in [0.5, 0.6) is 0 Å². The van der Waals surface area contributed by atoms with E-state index in [0.717, 1.165) is 13.1 Å². The second-order valence-corrected chi connectivity index (χ2v) is 7.47. The lowest BCUT2D eigenvalue weighted by atomic mass is 10.0. The number of aryl methyl sites for hydroxylation is 1. The van der Waals surface area contributed by atoms with Crippen LogP contribution in [0.15, 0.2) is 24.3 Å². The summed E-state index contributed by atoms with van der Waals surface area (Å²) in [6, 6.07) is 5.96. The van der Waals surface area contributed by atoms with Crippen LogP contribution in [0.1, 0.15) is 32.3 Å². The lowest BCUT2D eigenvalue weighted by Gasteiger charge is -2.35. The van der Waals surface area contributed by atoms with Crippen LogP contribution in [-0.2, 0) is 16.0 Å². The molecule has 0 saturated carbocycles. The lowest BCUT2D eigenvalue weighted by Crippen LogP contribution is -2.54. The van der Waals surface area contributed by atoms with Gasteiger partial charge in [0.1, 0.15) is 11.9 Å². The van der Waals surface area contributed by atoms with Gasteiger partial charge in [-0.15, -0.1) is 0 Å². The highest BCUT2D eigenvalue weighted by Crippen LogP contribution is 2.12. The molecule has 1 atom stereocenters. The van der Waals surface area contributed by atoms with Gasteiger partial charge in [-0.3, -0.25) is 9.59 Å². The maximum atomic E-state index is 13.7. The topological polar surface area (TPSA) is 52.7 Å². The maximum Gasteiger partial charge on any atom is 0.245 e. The van der Waals surface area contributed by atoms with Crippen molar-refractivity contribution in [2.24, 2.45) is 5.92 Å². The third-order valence-corrected chi connectivity index (χ3v) is 4.73. The first-order chi connectivity index (χ1) is 12.4. The standard InChI is InChI=1S/C20H30FN3O2/c1-15(2)14-18(20(26)24-12-10-23(3)11-13-24)22-19(25)9-8-16-6-4-5-7-17(16)21/h4-7,15,18H,8-14H2,1-3H3,(H,22,25). The first-order valence-corrected chi connectivity index (χ1v) is 9.37. The Morgan fingerprint density at radius 1 is 1.15 bits per heavy atom. The van der Waals surface area contributed by atoms with E-state index in [1.54, 1.807) is 18.2 Å². The molecule has 2 rings (SSSR count). The number of likely N-dealkylation sites (N-methyl/N-ethyl adjacent to an activating group) is 1. The molecular formula is C20H30FN3O2. The number of hydrogen-bond acceptors (Lipinski definition) is 3. The monoisotopic (exact) mass is 363 g/mol. The van der Waals surface area contributed by atoms with Crippen LogP contribution < -0.4 is 5.32 Å². The number of rotatable bonds is 7. The average Bonchev–Trinajstić information content (AvgIpc) is 2.60. The fraction of sp³-hybridized carbons (Fsp3) is 0.600. The zero-order valence-corrected chi connectivity index (χ0v) is 16.0. The van der Waals surface area contributed by atoms with Gasteiger partial charge < -0.3 is 15.1 Å². The Balaban J connectivity index is 1.92. The van der Waals surface area contributed by atoms with Gasteiger partial charge in [-0.25, -0.2) is 4.39 Å². The number of halogens is 1. The Morgan fingerprint density at radius 2 is 1.81 bits per heavy atom. The number of nitrogens with one attached hydrogen (secondary N) is 1.